The number of ether oxygens (including phenoxy) is 1. The second-order valence-corrected chi connectivity index (χ2v) is 8.21. The number of hydrogen-bond donors (Lipinski definition) is 2. The van der Waals surface area contributed by atoms with E-state index in [1.807, 2.05) is 6.07 Å². The monoisotopic (exact) mass is 372 g/mol. The molecular formula is C17H25O7P. The predicted molar refractivity (Wildman–Crippen MR) is 92.2 cm³/mol. The van der Waals surface area contributed by atoms with E-state index >= 15 is 0 Å². The van der Waals surface area contributed by atoms with Crippen molar-refractivity contribution in [2.45, 2.75) is 53.4 Å². The van der Waals surface area contributed by atoms with E-state index in [2.05, 4.69) is 0 Å². The van der Waals surface area contributed by atoms with Gasteiger partial charge in [0.2, 0.25) is 0 Å². The first kappa shape index (κ1) is 21.4. The van der Waals surface area contributed by atoms with Crippen LogP contribution in [0.2, 0.25) is 0 Å². The van der Waals surface area contributed by atoms with Crippen LogP contribution < -0.4 is 4.52 Å². The highest BCUT2D eigenvalue weighted by atomic mass is 31.2. The largest absolute Gasteiger partial charge is 0.524 e. The van der Waals surface area contributed by atoms with E-state index in [1.54, 1.807) is 41.5 Å². The van der Waals surface area contributed by atoms with Gasteiger partial charge < -0.3 is 9.26 Å². The molecule has 0 aliphatic rings. The Balaban J connectivity index is 3.21. The van der Waals surface area contributed by atoms with E-state index in [0.29, 0.717) is 5.56 Å². The smallest absolute Gasteiger partial charge is 0.404 e. The molecule has 140 valence electrons. The molecule has 0 aromatic heterocycles. The van der Waals surface area contributed by atoms with Crippen molar-refractivity contribution in [2.75, 3.05) is 0 Å². The maximum atomic E-state index is 12.1. The molecule has 0 aliphatic heterocycles. The Morgan fingerprint density at radius 3 is 2.24 bits per heavy atom. The molecule has 7 nitrogen and oxygen atoms in total. The summed E-state index contributed by atoms with van der Waals surface area (Å²) >= 11 is 0. The van der Waals surface area contributed by atoms with Gasteiger partial charge in [0.25, 0.3) is 0 Å². The molecule has 0 saturated carbocycles. The van der Waals surface area contributed by atoms with Gasteiger partial charge >= 0.3 is 19.8 Å². The Labute approximate surface area is 147 Å². The highest BCUT2D eigenvalue weighted by Gasteiger charge is 2.33. The highest BCUT2D eigenvalue weighted by molar-refractivity contribution is 7.46. The molecule has 0 heterocycles. The molecule has 0 amide bonds. The third-order valence-corrected chi connectivity index (χ3v) is 4.04. The maximum Gasteiger partial charge on any atom is 0.524 e. The SMILES string of the molecule is Cc1cc(C)c(C(C)(C)CC(=O)OC(=O)C(C)C)c(OP(=O)(O)O)c1. The number of rotatable bonds is 6. The zero-order valence-electron chi connectivity index (χ0n) is 15.3. The lowest BCUT2D eigenvalue weighted by Crippen LogP contribution is -2.27. The fourth-order valence-corrected chi connectivity index (χ4v) is 3.11. The predicted octanol–water partition coefficient (Wildman–Crippen LogP) is 3.17. The van der Waals surface area contributed by atoms with Gasteiger partial charge in [0, 0.05) is 11.0 Å². The van der Waals surface area contributed by atoms with Crippen molar-refractivity contribution in [3.63, 3.8) is 0 Å². The summed E-state index contributed by atoms with van der Waals surface area (Å²) in [7, 11) is -4.76. The van der Waals surface area contributed by atoms with Crippen LogP contribution in [-0.2, 0) is 24.3 Å². The molecule has 1 rings (SSSR count). The number of benzene rings is 1. The minimum Gasteiger partial charge on any atom is -0.404 e. The van der Waals surface area contributed by atoms with Crippen molar-refractivity contribution in [2.24, 2.45) is 5.92 Å². The van der Waals surface area contributed by atoms with Crippen molar-refractivity contribution in [1.29, 1.82) is 0 Å². The van der Waals surface area contributed by atoms with Crippen LogP contribution in [0.15, 0.2) is 12.1 Å². The first-order valence-corrected chi connectivity index (χ1v) is 9.37. The van der Waals surface area contributed by atoms with E-state index in [1.165, 1.54) is 6.07 Å². The van der Waals surface area contributed by atoms with Gasteiger partial charge in [0.15, 0.2) is 0 Å². The molecule has 0 unspecified atom stereocenters. The number of phosphoric acid groups is 1. The first-order chi connectivity index (χ1) is 11.2. The normalized spacial score (nSPS) is 12.2. The molecule has 2 N–H and O–H groups in total. The van der Waals surface area contributed by atoms with Crippen LogP contribution in [-0.4, -0.2) is 21.7 Å². The van der Waals surface area contributed by atoms with Gasteiger partial charge in [0.05, 0.1) is 12.3 Å². The standard InChI is InChI=1S/C17H25O7P/c1-10(2)16(19)23-14(18)9-17(5,6)15-12(4)7-11(3)8-13(15)24-25(20,21)22/h7-8,10H,9H2,1-6H3,(H2,20,21,22). The fourth-order valence-electron chi connectivity index (χ4n) is 2.71. The summed E-state index contributed by atoms with van der Waals surface area (Å²) in [4.78, 5) is 42.0. The summed E-state index contributed by atoms with van der Waals surface area (Å²) in [6.07, 6.45) is -0.146. The lowest BCUT2D eigenvalue weighted by molar-refractivity contribution is -0.162. The minimum absolute atomic E-state index is 0.0128. The van der Waals surface area contributed by atoms with Crippen molar-refractivity contribution < 1.29 is 33.2 Å². The Kier molecular flexibility index (Phi) is 6.56. The second-order valence-electron chi connectivity index (χ2n) is 7.05. The zero-order chi connectivity index (χ0) is 19.6. The minimum atomic E-state index is -4.76. The molecule has 8 heteroatoms. The van der Waals surface area contributed by atoms with E-state index in [-0.39, 0.29) is 12.2 Å². The van der Waals surface area contributed by atoms with Gasteiger partial charge in [-0.1, -0.05) is 33.8 Å². The maximum absolute atomic E-state index is 12.1. The second kappa shape index (κ2) is 7.68. The van der Waals surface area contributed by atoms with Crippen LogP contribution in [0.3, 0.4) is 0 Å². The van der Waals surface area contributed by atoms with Crippen LogP contribution in [0.1, 0.15) is 50.8 Å². The van der Waals surface area contributed by atoms with Gasteiger partial charge in [-0.15, -0.1) is 0 Å². The lowest BCUT2D eigenvalue weighted by atomic mass is 9.78. The average Bonchev–Trinajstić information content (AvgIpc) is 2.33. The molecule has 25 heavy (non-hydrogen) atoms. The average molecular weight is 372 g/mol. The Hall–Kier alpha value is -1.69. The Morgan fingerprint density at radius 2 is 1.76 bits per heavy atom. The van der Waals surface area contributed by atoms with E-state index < -0.39 is 31.1 Å². The summed E-state index contributed by atoms with van der Waals surface area (Å²) in [5.74, 6) is -1.74. The van der Waals surface area contributed by atoms with Crippen LogP contribution >= 0.6 is 7.82 Å². The van der Waals surface area contributed by atoms with Crippen LogP contribution in [0, 0.1) is 19.8 Å². The fraction of sp³-hybridized carbons (Fsp3) is 0.529. The van der Waals surface area contributed by atoms with Crippen molar-refractivity contribution in [3.05, 3.63) is 28.8 Å². The van der Waals surface area contributed by atoms with Gasteiger partial charge in [0.1, 0.15) is 5.75 Å². The van der Waals surface area contributed by atoms with E-state index in [9.17, 15) is 14.2 Å². The third kappa shape index (κ3) is 6.27. The van der Waals surface area contributed by atoms with Gasteiger partial charge in [-0.05, 0) is 31.0 Å². The summed E-state index contributed by atoms with van der Waals surface area (Å²) in [5, 5.41) is 0. The molecular weight excluding hydrogens is 347 g/mol. The molecule has 0 atom stereocenters. The first-order valence-electron chi connectivity index (χ1n) is 7.84. The van der Waals surface area contributed by atoms with Crippen molar-refractivity contribution >= 4 is 19.8 Å². The van der Waals surface area contributed by atoms with Crippen molar-refractivity contribution in [3.8, 4) is 5.75 Å². The number of aryl methyl sites for hydroxylation is 2. The third-order valence-electron chi connectivity index (χ3n) is 3.61. The Bertz CT molecular complexity index is 716. The molecule has 0 bridgehead atoms. The van der Waals surface area contributed by atoms with E-state index in [4.69, 9.17) is 19.0 Å². The number of hydrogen-bond acceptors (Lipinski definition) is 5. The summed E-state index contributed by atoms with van der Waals surface area (Å²) in [6, 6.07) is 3.34. The molecule has 0 aliphatic carbocycles. The quantitative estimate of drug-likeness (QED) is 0.448. The molecule has 0 saturated heterocycles. The van der Waals surface area contributed by atoms with Gasteiger partial charge in [-0.2, -0.15) is 0 Å². The van der Waals surface area contributed by atoms with Crippen molar-refractivity contribution in [1.82, 2.24) is 0 Å². The molecule has 1 aromatic rings. The number of esters is 2. The highest BCUT2D eigenvalue weighted by Crippen LogP contribution is 2.45. The van der Waals surface area contributed by atoms with E-state index in [0.717, 1.165) is 11.1 Å². The van der Waals surface area contributed by atoms with Gasteiger partial charge in [-0.25, -0.2) is 4.57 Å². The number of carbonyl (C=O) groups excluding carboxylic acids is 2. The van der Waals surface area contributed by atoms with Crippen LogP contribution in [0.4, 0.5) is 0 Å². The molecule has 0 fully saturated rings. The van der Waals surface area contributed by atoms with Crippen LogP contribution in [0.25, 0.3) is 0 Å². The summed E-state index contributed by atoms with van der Waals surface area (Å²) in [6.45, 7) is 10.2. The molecule has 1 aromatic carbocycles. The topological polar surface area (TPSA) is 110 Å². The number of phosphoric ester groups is 1. The van der Waals surface area contributed by atoms with Gasteiger partial charge in [-0.3, -0.25) is 19.4 Å². The number of carbonyl (C=O) groups is 2. The summed E-state index contributed by atoms with van der Waals surface area (Å²) < 4.78 is 20.9. The molecule has 0 spiro atoms. The van der Waals surface area contributed by atoms with Crippen LogP contribution in [0.5, 0.6) is 5.75 Å². The lowest BCUT2D eigenvalue weighted by Gasteiger charge is -2.29. The Morgan fingerprint density at radius 1 is 1.20 bits per heavy atom. The zero-order valence-corrected chi connectivity index (χ0v) is 16.2. The summed E-state index contributed by atoms with van der Waals surface area (Å²) in [5.41, 5.74) is 1.10. The molecule has 0 radical (unpaired) electrons.